The molecule has 6 heteroatoms. The highest BCUT2D eigenvalue weighted by molar-refractivity contribution is 5.65. The predicted molar refractivity (Wildman–Crippen MR) is 68.4 cm³/mol. The molecule has 0 aliphatic rings. The Kier molecular flexibility index (Phi) is 8.95. The molecule has 0 aromatic rings. The molecule has 0 rings (SSSR count). The maximum atomic E-state index is 11.2. The van der Waals surface area contributed by atoms with E-state index in [2.05, 4.69) is 21.3 Å². The quantitative estimate of drug-likeness (QED) is 0.279. The van der Waals surface area contributed by atoms with E-state index in [1.54, 1.807) is 0 Å². The fourth-order valence-corrected chi connectivity index (χ4v) is 1.32. The molecule has 0 radical (unpaired) electrons. The summed E-state index contributed by atoms with van der Waals surface area (Å²) in [6.07, 6.45) is 3.10. The second kappa shape index (κ2) is 9.61. The standard InChI is InChI=1S/C13H24O6/c1-5-6-7-8-13(3,4)19-18-12(15)17-10-9-16-11(2)14/h5-10H2,1-4H3. The van der Waals surface area contributed by atoms with Crippen molar-refractivity contribution in [2.45, 2.75) is 59.0 Å². The summed E-state index contributed by atoms with van der Waals surface area (Å²) in [6.45, 7) is 7.02. The van der Waals surface area contributed by atoms with Crippen LogP contribution >= 0.6 is 0 Å². The van der Waals surface area contributed by atoms with E-state index < -0.39 is 17.7 Å². The molecule has 0 fully saturated rings. The van der Waals surface area contributed by atoms with Gasteiger partial charge in [0.15, 0.2) is 0 Å². The Morgan fingerprint density at radius 2 is 1.68 bits per heavy atom. The molecule has 0 amide bonds. The van der Waals surface area contributed by atoms with Gasteiger partial charge in [0.25, 0.3) is 0 Å². The third-order valence-corrected chi connectivity index (χ3v) is 2.33. The Morgan fingerprint density at radius 1 is 1.05 bits per heavy atom. The van der Waals surface area contributed by atoms with Gasteiger partial charge in [0, 0.05) is 6.92 Å². The van der Waals surface area contributed by atoms with Crippen LogP contribution in [0.4, 0.5) is 4.79 Å². The van der Waals surface area contributed by atoms with E-state index in [9.17, 15) is 9.59 Å². The number of rotatable bonds is 9. The highest BCUT2D eigenvalue weighted by atomic mass is 17.2. The molecule has 0 aliphatic carbocycles. The summed E-state index contributed by atoms with van der Waals surface area (Å²) in [5, 5.41) is 0. The number of esters is 1. The maximum Gasteiger partial charge on any atom is 0.540 e. The van der Waals surface area contributed by atoms with Gasteiger partial charge < -0.3 is 9.47 Å². The van der Waals surface area contributed by atoms with E-state index in [1.807, 2.05) is 13.8 Å². The van der Waals surface area contributed by atoms with Crippen LogP contribution < -0.4 is 0 Å². The number of hydrogen-bond donors (Lipinski definition) is 0. The van der Waals surface area contributed by atoms with Crippen molar-refractivity contribution in [3.63, 3.8) is 0 Å². The van der Waals surface area contributed by atoms with Gasteiger partial charge in [-0.15, -0.1) is 0 Å². The third-order valence-electron chi connectivity index (χ3n) is 2.33. The van der Waals surface area contributed by atoms with Gasteiger partial charge >= 0.3 is 12.1 Å². The van der Waals surface area contributed by atoms with E-state index in [1.165, 1.54) is 6.92 Å². The molecular formula is C13H24O6. The number of unbranched alkanes of at least 4 members (excludes halogenated alkanes) is 2. The minimum absolute atomic E-state index is 0.00429. The van der Waals surface area contributed by atoms with Crippen molar-refractivity contribution in [2.24, 2.45) is 0 Å². The van der Waals surface area contributed by atoms with Crippen molar-refractivity contribution in [1.29, 1.82) is 0 Å². The Labute approximate surface area is 114 Å². The van der Waals surface area contributed by atoms with E-state index in [0.29, 0.717) is 0 Å². The molecular weight excluding hydrogens is 252 g/mol. The Hall–Kier alpha value is -1.30. The molecule has 0 spiro atoms. The number of ether oxygens (including phenoxy) is 2. The maximum absolute atomic E-state index is 11.2. The molecule has 0 saturated heterocycles. The van der Waals surface area contributed by atoms with Crippen LogP contribution in [-0.4, -0.2) is 30.9 Å². The normalized spacial score (nSPS) is 10.9. The summed E-state index contributed by atoms with van der Waals surface area (Å²) in [5.74, 6) is -0.426. The molecule has 6 nitrogen and oxygen atoms in total. The van der Waals surface area contributed by atoms with Crippen molar-refractivity contribution >= 4 is 12.1 Å². The monoisotopic (exact) mass is 276 g/mol. The van der Waals surface area contributed by atoms with Gasteiger partial charge in [-0.05, 0) is 20.3 Å². The zero-order valence-corrected chi connectivity index (χ0v) is 12.2. The van der Waals surface area contributed by atoms with Crippen LogP contribution in [-0.2, 0) is 24.0 Å². The lowest BCUT2D eigenvalue weighted by Crippen LogP contribution is -2.26. The van der Waals surface area contributed by atoms with Gasteiger partial charge in [-0.3, -0.25) is 9.68 Å². The molecule has 0 aliphatic heterocycles. The molecule has 19 heavy (non-hydrogen) atoms. The van der Waals surface area contributed by atoms with Gasteiger partial charge in [-0.25, -0.2) is 4.79 Å². The molecule has 0 N–H and O–H groups in total. The van der Waals surface area contributed by atoms with Crippen LogP contribution in [0.5, 0.6) is 0 Å². The zero-order valence-electron chi connectivity index (χ0n) is 12.2. The van der Waals surface area contributed by atoms with Gasteiger partial charge in [-0.2, -0.15) is 4.89 Å². The summed E-state index contributed by atoms with van der Waals surface area (Å²) in [7, 11) is 0. The summed E-state index contributed by atoms with van der Waals surface area (Å²) < 4.78 is 9.24. The summed E-state index contributed by atoms with van der Waals surface area (Å²) >= 11 is 0. The minimum atomic E-state index is -0.935. The Morgan fingerprint density at radius 3 is 2.26 bits per heavy atom. The van der Waals surface area contributed by atoms with Gasteiger partial charge in [-0.1, -0.05) is 26.2 Å². The fourth-order valence-electron chi connectivity index (χ4n) is 1.32. The van der Waals surface area contributed by atoms with E-state index in [-0.39, 0.29) is 13.2 Å². The smallest absolute Gasteiger partial charge is 0.462 e. The first-order valence-electron chi connectivity index (χ1n) is 6.53. The van der Waals surface area contributed by atoms with Crippen LogP contribution in [0.15, 0.2) is 0 Å². The topological polar surface area (TPSA) is 71.1 Å². The molecule has 0 bridgehead atoms. The van der Waals surface area contributed by atoms with Crippen LogP contribution in [0.25, 0.3) is 0 Å². The molecule has 112 valence electrons. The van der Waals surface area contributed by atoms with E-state index in [4.69, 9.17) is 4.89 Å². The van der Waals surface area contributed by atoms with Crippen LogP contribution in [0.2, 0.25) is 0 Å². The molecule has 0 saturated carbocycles. The van der Waals surface area contributed by atoms with Crippen LogP contribution in [0.3, 0.4) is 0 Å². The van der Waals surface area contributed by atoms with Gasteiger partial charge in [0.05, 0.1) is 0 Å². The van der Waals surface area contributed by atoms with Crippen LogP contribution in [0, 0.1) is 0 Å². The Bertz CT molecular complexity index is 274. The lowest BCUT2D eigenvalue weighted by molar-refractivity contribution is -0.319. The first-order chi connectivity index (χ1) is 8.87. The first kappa shape index (κ1) is 17.7. The Balaban J connectivity index is 3.67. The summed E-state index contributed by atoms with van der Waals surface area (Å²) in [6, 6.07) is 0. The average molecular weight is 276 g/mol. The highest BCUT2D eigenvalue weighted by Gasteiger charge is 2.22. The summed E-state index contributed by atoms with van der Waals surface area (Å²) in [4.78, 5) is 31.2. The summed E-state index contributed by atoms with van der Waals surface area (Å²) in [5.41, 5.74) is -0.538. The molecule has 0 atom stereocenters. The SMILES string of the molecule is CCCCCC(C)(C)OOC(=O)OCCOC(C)=O. The van der Waals surface area contributed by atoms with Crippen molar-refractivity contribution < 1.29 is 28.8 Å². The van der Waals surface area contributed by atoms with Crippen molar-refractivity contribution in [3.05, 3.63) is 0 Å². The second-order valence-electron chi connectivity index (χ2n) is 4.82. The van der Waals surface area contributed by atoms with E-state index >= 15 is 0 Å². The molecule has 0 aromatic carbocycles. The molecule has 0 aromatic heterocycles. The van der Waals surface area contributed by atoms with Crippen molar-refractivity contribution in [2.75, 3.05) is 13.2 Å². The lowest BCUT2D eigenvalue weighted by Gasteiger charge is -2.22. The van der Waals surface area contributed by atoms with Crippen LogP contribution in [0.1, 0.15) is 53.4 Å². The number of hydrogen-bond acceptors (Lipinski definition) is 6. The van der Waals surface area contributed by atoms with E-state index in [0.717, 1.165) is 25.7 Å². The van der Waals surface area contributed by atoms with Gasteiger partial charge in [0.1, 0.15) is 18.8 Å². The second-order valence-corrected chi connectivity index (χ2v) is 4.82. The number of carbonyl (C=O) groups excluding carboxylic acids is 2. The largest absolute Gasteiger partial charge is 0.540 e. The lowest BCUT2D eigenvalue weighted by atomic mass is 10.0. The minimum Gasteiger partial charge on any atom is -0.462 e. The number of carbonyl (C=O) groups is 2. The third kappa shape index (κ3) is 11.5. The van der Waals surface area contributed by atoms with Crippen molar-refractivity contribution in [3.8, 4) is 0 Å². The van der Waals surface area contributed by atoms with Crippen molar-refractivity contribution in [1.82, 2.24) is 0 Å². The highest BCUT2D eigenvalue weighted by Crippen LogP contribution is 2.19. The first-order valence-corrected chi connectivity index (χ1v) is 6.53. The zero-order chi connectivity index (χ0) is 14.7. The molecule has 0 heterocycles. The predicted octanol–water partition coefficient (Wildman–Crippen LogP) is 2.99. The molecule has 0 unspecified atom stereocenters. The fraction of sp³-hybridized carbons (Fsp3) is 0.846. The van der Waals surface area contributed by atoms with Gasteiger partial charge in [0.2, 0.25) is 0 Å². The average Bonchev–Trinajstić information content (AvgIpc) is 2.32.